The highest BCUT2D eigenvalue weighted by Crippen LogP contribution is 2.27. The second-order valence-electron chi connectivity index (χ2n) is 5.90. The van der Waals surface area contributed by atoms with Gasteiger partial charge in [0.25, 0.3) is 0 Å². The minimum Gasteiger partial charge on any atom is -0.454 e. The van der Waals surface area contributed by atoms with E-state index >= 15 is 0 Å². The van der Waals surface area contributed by atoms with E-state index in [1.165, 1.54) is 6.07 Å². The molecule has 0 radical (unpaired) electrons. The Labute approximate surface area is 145 Å². The molecule has 5 nitrogen and oxygen atoms in total. The van der Waals surface area contributed by atoms with Crippen LogP contribution in [0.4, 0.5) is 4.39 Å². The van der Waals surface area contributed by atoms with E-state index in [9.17, 15) is 14.0 Å². The first-order valence-corrected chi connectivity index (χ1v) is 8.18. The maximum absolute atomic E-state index is 13.8. The summed E-state index contributed by atoms with van der Waals surface area (Å²) in [7, 11) is 0. The summed E-state index contributed by atoms with van der Waals surface area (Å²) in [6, 6.07) is 13.3. The predicted octanol–water partition coefficient (Wildman–Crippen LogP) is 2.76. The van der Waals surface area contributed by atoms with E-state index in [0.29, 0.717) is 18.7 Å². The predicted molar refractivity (Wildman–Crippen MR) is 90.5 cm³/mol. The molecule has 1 aliphatic rings. The first kappa shape index (κ1) is 17.0. The molecule has 25 heavy (non-hydrogen) atoms. The van der Waals surface area contributed by atoms with Crippen LogP contribution >= 0.6 is 0 Å². The molecule has 1 atom stereocenters. The average molecular weight is 342 g/mol. The van der Waals surface area contributed by atoms with Crippen LogP contribution in [-0.2, 0) is 16.1 Å². The van der Waals surface area contributed by atoms with Gasteiger partial charge in [-0.1, -0.05) is 30.3 Å². The number of rotatable bonds is 5. The van der Waals surface area contributed by atoms with Gasteiger partial charge in [-0.15, -0.1) is 0 Å². The third-order valence-corrected chi connectivity index (χ3v) is 4.10. The number of ether oxygens (including phenoxy) is 1. The number of hydrogen-bond acceptors (Lipinski definition) is 3. The fraction of sp³-hybridized carbons (Fsp3) is 0.263. The summed E-state index contributed by atoms with van der Waals surface area (Å²) in [5.74, 6) is -0.410. The highest BCUT2D eigenvalue weighted by molar-refractivity contribution is 5.86. The van der Waals surface area contributed by atoms with Crippen LogP contribution in [0, 0.1) is 11.7 Å². The van der Waals surface area contributed by atoms with Gasteiger partial charge in [-0.3, -0.25) is 9.59 Å². The van der Waals surface area contributed by atoms with Crippen molar-refractivity contribution in [2.24, 2.45) is 5.92 Å². The first-order chi connectivity index (χ1) is 12.1. The highest BCUT2D eigenvalue weighted by Gasteiger charge is 2.25. The van der Waals surface area contributed by atoms with Crippen LogP contribution in [0.2, 0.25) is 0 Å². The van der Waals surface area contributed by atoms with Gasteiger partial charge in [0, 0.05) is 31.0 Å². The van der Waals surface area contributed by atoms with E-state index in [0.717, 1.165) is 5.56 Å². The van der Waals surface area contributed by atoms with Crippen molar-refractivity contribution in [1.82, 2.24) is 10.6 Å². The third kappa shape index (κ3) is 4.35. The molecule has 0 spiro atoms. The summed E-state index contributed by atoms with van der Waals surface area (Å²) in [5, 5.41) is 5.55. The highest BCUT2D eigenvalue weighted by atomic mass is 19.1. The first-order valence-electron chi connectivity index (χ1n) is 8.18. The van der Waals surface area contributed by atoms with E-state index in [-0.39, 0.29) is 36.4 Å². The number of carbonyl (C=O) groups excluding carboxylic acids is 2. The molecular formula is C19H19FN2O3. The van der Waals surface area contributed by atoms with Gasteiger partial charge in [0.05, 0.1) is 0 Å². The van der Waals surface area contributed by atoms with Crippen LogP contribution in [0.1, 0.15) is 18.4 Å². The molecule has 2 aromatic carbocycles. The molecular weight excluding hydrogens is 323 g/mol. The molecule has 2 N–H and O–H groups in total. The summed E-state index contributed by atoms with van der Waals surface area (Å²) in [5.41, 5.74) is 0.736. The number of halogens is 1. The van der Waals surface area contributed by atoms with Crippen molar-refractivity contribution in [3.8, 4) is 11.5 Å². The monoisotopic (exact) mass is 342 g/mol. The Morgan fingerprint density at radius 1 is 1.16 bits per heavy atom. The largest absolute Gasteiger partial charge is 0.454 e. The van der Waals surface area contributed by atoms with Crippen molar-refractivity contribution in [2.75, 3.05) is 6.54 Å². The molecule has 1 heterocycles. The quantitative estimate of drug-likeness (QED) is 0.878. The SMILES string of the molecule is O=C1C[C@H](C(=O)NCc2ccccc2Oc2ccccc2F)CCN1. The van der Waals surface area contributed by atoms with Crippen LogP contribution in [0.25, 0.3) is 0 Å². The van der Waals surface area contributed by atoms with Gasteiger partial charge < -0.3 is 15.4 Å². The van der Waals surface area contributed by atoms with Crippen LogP contribution in [0.15, 0.2) is 48.5 Å². The van der Waals surface area contributed by atoms with E-state index < -0.39 is 5.82 Å². The van der Waals surface area contributed by atoms with E-state index in [2.05, 4.69) is 10.6 Å². The van der Waals surface area contributed by atoms with E-state index in [1.807, 2.05) is 12.1 Å². The molecule has 1 saturated heterocycles. The zero-order valence-corrected chi connectivity index (χ0v) is 13.6. The molecule has 6 heteroatoms. The molecule has 2 amide bonds. The lowest BCUT2D eigenvalue weighted by Crippen LogP contribution is -2.40. The molecule has 0 saturated carbocycles. The molecule has 2 aromatic rings. The standard InChI is InChI=1S/C19H19FN2O3/c20-15-6-2-4-8-17(15)25-16-7-3-1-5-14(16)12-22-19(24)13-9-10-21-18(23)11-13/h1-8,13H,9-12H2,(H,21,23)(H,22,24)/t13-/m1/s1. The van der Waals surface area contributed by atoms with Crippen LogP contribution in [-0.4, -0.2) is 18.4 Å². The molecule has 130 valence electrons. The van der Waals surface area contributed by atoms with Gasteiger partial charge >= 0.3 is 0 Å². The Morgan fingerprint density at radius 2 is 1.88 bits per heavy atom. The van der Waals surface area contributed by atoms with Gasteiger partial charge in [-0.25, -0.2) is 4.39 Å². The Balaban J connectivity index is 1.66. The number of hydrogen-bond donors (Lipinski definition) is 2. The van der Waals surface area contributed by atoms with Gasteiger partial charge in [0.2, 0.25) is 11.8 Å². The second kappa shape index (κ2) is 7.79. The lowest BCUT2D eigenvalue weighted by molar-refractivity contribution is -0.132. The third-order valence-electron chi connectivity index (χ3n) is 4.10. The van der Waals surface area contributed by atoms with Crippen molar-refractivity contribution in [2.45, 2.75) is 19.4 Å². The zero-order chi connectivity index (χ0) is 17.6. The average Bonchev–Trinajstić information content (AvgIpc) is 2.62. The minimum absolute atomic E-state index is 0.102. The molecule has 1 aliphatic heterocycles. The normalized spacial score (nSPS) is 16.8. The van der Waals surface area contributed by atoms with Crippen molar-refractivity contribution >= 4 is 11.8 Å². The summed E-state index contributed by atoms with van der Waals surface area (Å²) in [6.45, 7) is 0.769. The topological polar surface area (TPSA) is 67.4 Å². The number of nitrogens with one attached hydrogen (secondary N) is 2. The van der Waals surface area contributed by atoms with Crippen molar-refractivity contribution in [3.63, 3.8) is 0 Å². The fourth-order valence-electron chi connectivity index (χ4n) is 2.73. The zero-order valence-electron chi connectivity index (χ0n) is 13.6. The number of benzene rings is 2. The van der Waals surface area contributed by atoms with Crippen LogP contribution in [0.3, 0.4) is 0 Å². The van der Waals surface area contributed by atoms with Crippen LogP contribution < -0.4 is 15.4 Å². The molecule has 0 aromatic heterocycles. The Hall–Kier alpha value is -2.89. The summed E-state index contributed by atoms with van der Waals surface area (Å²) < 4.78 is 19.4. The maximum Gasteiger partial charge on any atom is 0.223 e. The molecule has 1 fully saturated rings. The van der Waals surface area contributed by atoms with Crippen molar-refractivity contribution in [1.29, 1.82) is 0 Å². The van der Waals surface area contributed by atoms with Gasteiger partial charge in [-0.05, 0) is 24.6 Å². The Kier molecular flexibility index (Phi) is 5.28. The van der Waals surface area contributed by atoms with Crippen molar-refractivity contribution in [3.05, 3.63) is 59.9 Å². The Morgan fingerprint density at radius 3 is 2.64 bits per heavy atom. The van der Waals surface area contributed by atoms with Gasteiger partial charge in [0.1, 0.15) is 5.75 Å². The van der Waals surface area contributed by atoms with Gasteiger partial charge in [-0.2, -0.15) is 0 Å². The van der Waals surface area contributed by atoms with E-state index in [4.69, 9.17) is 4.74 Å². The summed E-state index contributed by atoms with van der Waals surface area (Å²) >= 11 is 0. The smallest absolute Gasteiger partial charge is 0.223 e. The second-order valence-corrected chi connectivity index (χ2v) is 5.90. The number of piperidine rings is 1. The Bertz CT molecular complexity index is 779. The fourth-order valence-corrected chi connectivity index (χ4v) is 2.73. The maximum atomic E-state index is 13.8. The van der Waals surface area contributed by atoms with Crippen molar-refractivity contribution < 1.29 is 18.7 Å². The van der Waals surface area contributed by atoms with E-state index in [1.54, 1.807) is 30.3 Å². The molecule has 0 aliphatic carbocycles. The lowest BCUT2D eigenvalue weighted by Gasteiger charge is -2.21. The van der Waals surface area contributed by atoms with Crippen LogP contribution in [0.5, 0.6) is 11.5 Å². The molecule has 0 bridgehead atoms. The number of carbonyl (C=O) groups is 2. The summed E-state index contributed by atoms with van der Waals surface area (Å²) in [6.07, 6.45) is 0.837. The van der Waals surface area contributed by atoms with Gasteiger partial charge in [0.15, 0.2) is 11.6 Å². The lowest BCUT2D eigenvalue weighted by atomic mass is 9.96. The number of amides is 2. The number of para-hydroxylation sites is 2. The minimum atomic E-state index is -0.449. The summed E-state index contributed by atoms with van der Waals surface area (Å²) in [4.78, 5) is 23.6. The molecule has 0 unspecified atom stereocenters. The molecule has 3 rings (SSSR count).